The van der Waals surface area contributed by atoms with Crippen molar-refractivity contribution in [1.29, 1.82) is 0 Å². The molecule has 5 heteroatoms. The van der Waals surface area contributed by atoms with Crippen LogP contribution >= 0.6 is 0 Å². The molecular weight excluding hydrogens is 282 g/mol. The lowest BCUT2D eigenvalue weighted by molar-refractivity contribution is -0.130. The molecule has 1 amide bonds. The fraction of sp³-hybridized carbons (Fsp3) is 0.706. The number of aryl methyl sites for hydroxylation is 2. The second kappa shape index (κ2) is 6.05. The Morgan fingerprint density at radius 1 is 1.50 bits per heavy atom. The van der Waals surface area contributed by atoms with E-state index in [2.05, 4.69) is 0 Å². The molecule has 1 spiro atoms. The van der Waals surface area contributed by atoms with Gasteiger partial charge in [-0.05, 0) is 32.8 Å². The second-order valence-electron chi connectivity index (χ2n) is 6.51. The maximum atomic E-state index is 12.8. The van der Waals surface area contributed by atoms with Crippen LogP contribution in [-0.4, -0.2) is 49.8 Å². The van der Waals surface area contributed by atoms with Crippen molar-refractivity contribution in [3.05, 3.63) is 23.2 Å². The molecule has 0 aromatic carbocycles. The average molecular weight is 307 g/mol. The van der Waals surface area contributed by atoms with E-state index >= 15 is 0 Å². The maximum absolute atomic E-state index is 12.8. The Bertz CT molecular complexity index is 553. The summed E-state index contributed by atoms with van der Waals surface area (Å²) in [5.41, 5.74) is 0.451. The third-order valence-corrected chi connectivity index (χ3v) is 5.03. The van der Waals surface area contributed by atoms with Crippen molar-refractivity contribution >= 4 is 5.91 Å². The monoisotopic (exact) mass is 307 g/mol. The van der Waals surface area contributed by atoms with Gasteiger partial charge in [0.15, 0.2) is 0 Å². The Hall–Kier alpha value is -1.33. The third kappa shape index (κ3) is 2.68. The van der Waals surface area contributed by atoms with E-state index < -0.39 is 0 Å². The van der Waals surface area contributed by atoms with E-state index in [-0.39, 0.29) is 11.5 Å². The first-order valence-electron chi connectivity index (χ1n) is 8.05. The Labute approximate surface area is 131 Å². The second-order valence-corrected chi connectivity index (χ2v) is 6.51. The Balaban J connectivity index is 1.78. The van der Waals surface area contributed by atoms with Gasteiger partial charge in [-0.25, -0.2) is 0 Å². The summed E-state index contributed by atoms with van der Waals surface area (Å²) in [7, 11) is 1.73. The van der Waals surface area contributed by atoms with Gasteiger partial charge in [0.1, 0.15) is 11.5 Å². The van der Waals surface area contributed by atoms with Crippen molar-refractivity contribution < 1.29 is 18.7 Å². The molecule has 5 nitrogen and oxygen atoms in total. The van der Waals surface area contributed by atoms with E-state index in [1.165, 1.54) is 0 Å². The van der Waals surface area contributed by atoms with Crippen molar-refractivity contribution in [3.63, 3.8) is 0 Å². The summed E-state index contributed by atoms with van der Waals surface area (Å²) < 4.78 is 17.0. The van der Waals surface area contributed by atoms with Crippen molar-refractivity contribution in [2.24, 2.45) is 5.92 Å². The SMILES string of the molecule is COC[C@@H]1CCC[C@@]12CN(C(=O)c1cc(C)oc1C)CCO2. The molecule has 0 radical (unpaired) electrons. The minimum absolute atomic E-state index is 0.0556. The number of carbonyl (C=O) groups is 1. The van der Waals surface area contributed by atoms with Gasteiger partial charge >= 0.3 is 0 Å². The molecular formula is C17H25NO4. The third-order valence-electron chi connectivity index (χ3n) is 5.03. The number of hydrogen-bond donors (Lipinski definition) is 0. The summed E-state index contributed by atoms with van der Waals surface area (Å²) in [4.78, 5) is 14.7. The minimum Gasteiger partial charge on any atom is -0.466 e. The first-order valence-corrected chi connectivity index (χ1v) is 8.05. The number of morpholine rings is 1. The number of furan rings is 1. The highest BCUT2D eigenvalue weighted by atomic mass is 16.5. The van der Waals surface area contributed by atoms with Crippen LogP contribution in [0, 0.1) is 19.8 Å². The van der Waals surface area contributed by atoms with Gasteiger partial charge in [-0.15, -0.1) is 0 Å². The van der Waals surface area contributed by atoms with Gasteiger partial charge in [-0.2, -0.15) is 0 Å². The summed E-state index contributed by atoms with van der Waals surface area (Å²) in [5, 5.41) is 0. The van der Waals surface area contributed by atoms with Gasteiger partial charge in [0, 0.05) is 19.6 Å². The van der Waals surface area contributed by atoms with Crippen LogP contribution in [0.25, 0.3) is 0 Å². The molecule has 0 bridgehead atoms. The number of ether oxygens (including phenoxy) is 2. The fourth-order valence-corrected chi connectivity index (χ4v) is 3.94. The summed E-state index contributed by atoms with van der Waals surface area (Å²) >= 11 is 0. The molecule has 2 aliphatic rings. The molecule has 1 aliphatic heterocycles. The highest BCUT2D eigenvalue weighted by molar-refractivity contribution is 5.95. The maximum Gasteiger partial charge on any atom is 0.257 e. The summed E-state index contributed by atoms with van der Waals surface area (Å²) in [6.45, 7) is 6.32. The van der Waals surface area contributed by atoms with Crippen LogP contribution in [0.15, 0.2) is 10.5 Å². The molecule has 0 unspecified atom stereocenters. The first kappa shape index (κ1) is 15.6. The Morgan fingerprint density at radius 3 is 3.00 bits per heavy atom. The Morgan fingerprint density at radius 2 is 2.32 bits per heavy atom. The van der Waals surface area contributed by atoms with Crippen LogP contribution in [0.5, 0.6) is 0 Å². The minimum atomic E-state index is -0.226. The molecule has 122 valence electrons. The van der Waals surface area contributed by atoms with Gasteiger partial charge in [-0.1, -0.05) is 6.42 Å². The van der Waals surface area contributed by atoms with Crippen molar-refractivity contribution in [1.82, 2.24) is 4.90 Å². The highest BCUT2D eigenvalue weighted by Crippen LogP contribution is 2.41. The van der Waals surface area contributed by atoms with Crippen molar-refractivity contribution in [2.45, 2.75) is 38.7 Å². The lowest BCUT2D eigenvalue weighted by atomic mass is 9.89. The molecule has 22 heavy (non-hydrogen) atoms. The van der Waals surface area contributed by atoms with Gasteiger partial charge in [0.2, 0.25) is 0 Å². The zero-order valence-electron chi connectivity index (χ0n) is 13.7. The molecule has 2 heterocycles. The predicted octanol–water partition coefficient (Wildman–Crippen LogP) is 2.55. The normalized spacial score (nSPS) is 28.5. The van der Waals surface area contributed by atoms with Gasteiger partial charge in [-0.3, -0.25) is 4.79 Å². The van der Waals surface area contributed by atoms with Crippen LogP contribution in [-0.2, 0) is 9.47 Å². The van der Waals surface area contributed by atoms with E-state index in [0.29, 0.717) is 43.5 Å². The van der Waals surface area contributed by atoms with Gasteiger partial charge in [0.05, 0.1) is 30.9 Å². The van der Waals surface area contributed by atoms with Crippen LogP contribution in [0.2, 0.25) is 0 Å². The lowest BCUT2D eigenvalue weighted by Gasteiger charge is -2.44. The fourth-order valence-electron chi connectivity index (χ4n) is 3.94. The number of rotatable bonds is 3. The number of methoxy groups -OCH3 is 1. The lowest BCUT2D eigenvalue weighted by Crippen LogP contribution is -2.56. The van der Waals surface area contributed by atoms with E-state index in [1.807, 2.05) is 24.8 Å². The molecule has 1 aromatic rings. The molecule has 1 saturated carbocycles. The molecule has 1 aliphatic carbocycles. The van der Waals surface area contributed by atoms with Crippen molar-refractivity contribution in [3.8, 4) is 0 Å². The first-order chi connectivity index (χ1) is 10.6. The number of amides is 1. The predicted molar refractivity (Wildman–Crippen MR) is 82.0 cm³/mol. The molecule has 0 N–H and O–H groups in total. The largest absolute Gasteiger partial charge is 0.466 e. The zero-order valence-corrected chi connectivity index (χ0v) is 13.7. The highest BCUT2D eigenvalue weighted by Gasteiger charge is 2.48. The van der Waals surface area contributed by atoms with Crippen LogP contribution in [0.4, 0.5) is 0 Å². The molecule has 1 saturated heterocycles. The van der Waals surface area contributed by atoms with E-state index in [9.17, 15) is 4.79 Å². The molecule has 2 fully saturated rings. The number of carbonyl (C=O) groups excluding carboxylic acids is 1. The van der Waals surface area contributed by atoms with Crippen LogP contribution < -0.4 is 0 Å². The number of nitrogens with zero attached hydrogens (tertiary/aromatic N) is 1. The zero-order chi connectivity index (χ0) is 15.7. The summed E-state index contributed by atoms with van der Waals surface area (Å²) in [6.07, 6.45) is 3.26. The molecule has 3 rings (SSSR count). The van der Waals surface area contributed by atoms with E-state index in [1.54, 1.807) is 7.11 Å². The summed E-state index contributed by atoms with van der Waals surface area (Å²) in [6, 6.07) is 1.83. The topological polar surface area (TPSA) is 51.9 Å². The Kier molecular flexibility index (Phi) is 4.28. The van der Waals surface area contributed by atoms with Crippen molar-refractivity contribution in [2.75, 3.05) is 33.4 Å². The summed E-state index contributed by atoms with van der Waals surface area (Å²) in [5.74, 6) is 1.91. The smallest absolute Gasteiger partial charge is 0.257 e. The van der Waals surface area contributed by atoms with Gasteiger partial charge < -0.3 is 18.8 Å². The molecule has 2 atom stereocenters. The quantitative estimate of drug-likeness (QED) is 0.861. The van der Waals surface area contributed by atoms with Gasteiger partial charge in [0.25, 0.3) is 5.91 Å². The van der Waals surface area contributed by atoms with E-state index in [0.717, 1.165) is 25.0 Å². The number of hydrogen-bond acceptors (Lipinski definition) is 4. The average Bonchev–Trinajstić information content (AvgIpc) is 3.02. The van der Waals surface area contributed by atoms with Crippen LogP contribution in [0.1, 0.15) is 41.1 Å². The standard InChI is InChI=1S/C17H25NO4/c1-12-9-15(13(2)22-12)16(19)18-7-8-21-17(11-18)6-4-5-14(17)10-20-3/h9,14H,4-8,10-11H2,1-3H3/t14-,17+/m0/s1. The van der Waals surface area contributed by atoms with E-state index in [4.69, 9.17) is 13.9 Å². The molecule has 1 aromatic heterocycles. The van der Waals surface area contributed by atoms with Crippen LogP contribution in [0.3, 0.4) is 0 Å².